The first kappa shape index (κ1) is 30.4. The number of sulfonamides is 1. The average Bonchev–Trinajstić information content (AvgIpc) is 3.47. The zero-order valence-corrected chi connectivity index (χ0v) is 24.2. The Morgan fingerprint density at radius 1 is 0.949 bits per heavy atom. The quantitative estimate of drug-likeness (QED) is 0.232. The van der Waals surface area contributed by atoms with E-state index in [9.17, 15) is 13.2 Å². The van der Waals surface area contributed by atoms with Crippen LogP contribution in [0.15, 0.2) is 71.5 Å². The monoisotopic (exact) mass is 572 g/mol. The average molecular weight is 573 g/mol. The normalized spacial score (nSPS) is 11.7. The lowest BCUT2D eigenvalue weighted by Crippen LogP contribution is -2.43. The maximum Gasteiger partial charge on any atom is 0.238 e. The van der Waals surface area contributed by atoms with Gasteiger partial charge in [0.1, 0.15) is 0 Å². The van der Waals surface area contributed by atoms with Crippen LogP contribution in [0.25, 0.3) is 6.08 Å². The topological polar surface area (TPSA) is 85.4 Å². The van der Waals surface area contributed by atoms with E-state index >= 15 is 0 Å². The number of carbonyl (C=O) groups is 1. The maximum atomic E-state index is 13.6. The predicted octanol–water partition coefficient (Wildman–Crippen LogP) is 4.68. The molecule has 0 radical (unpaired) electrons. The first-order valence-electron chi connectivity index (χ1n) is 12.6. The minimum absolute atomic E-state index is 0.170. The number of hydrogen-bond acceptors (Lipinski definition) is 7. The summed E-state index contributed by atoms with van der Waals surface area (Å²) in [5.74, 6) is 0.984. The molecule has 0 fully saturated rings. The highest BCUT2D eigenvalue weighted by atomic mass is 32.2. The Bertz CT molecular complexity index is 1290. The van der Waals surface area contributed by atoms with Crippen LogP contribution in [0, 0.1) is 0 Å². The van der Waals surface area contributed by atoms with Gasteiger partial charge >= 0.3 is 0 Å². The van der Waals surface area contributed by atoms with Gasteiger partial charge in [-0.1, -0.05) is 42.5 Å². The Balaban J connectivity index is 1.79. The van der Waals surface area contributed by atoms with Gasteiger partial charge < -0.3 is 19.1 Å². The zero-order chi connectivity index (χ0) is 28.1. The molecule has 0 spiro atoms. The molecular weight excluding hydrogens is 536 g/mol. The van der Waals surface area contributed by atoms with Gasteiger partial charge in [0.15, 0.2) is 11.5 Å². The largest absolute Gasteiger partial charge is 0.493 e. The third-order valence-corrected chi connectivity index (χ3v) is 8.43. The first-order chi connectivity index (χ1) is 18.9. The second-order valence-electron chi connectivity index (χ2n) is 8.77. The molecule has 8 nitrogen and oxygen atoms in total. The summed E-state index contributed by atoms with van der Waals surface area (Å²) in [6, 6.07) is 18.8. The van der Waals surface area contributed by atoms with Crippen molar-refractivity contribution in [2.24, 2.45) is 0 Å². The second-order valence-corrected chi connectivity index (χ2v) is 11.6. The van der Waals surface area contributed by atoms with Crippen molar-refractivity contribution >= 4 is 33.3 Å². The lowest BCUT2D eigenvalue weighted by molar-refractivity contribution is -0.132. The molecule has 0 saturated carbocycles. The first-order valence-corrected chi connectivity index (χ1v) is 15.0. The van der Waals surface area contributed by atoms with Crippen LogP contribution in [0.1, 0.15) is 22.4 Å². The Kier molecular flexibility index (Phi) is 12.0. The lowest BCUT2D eigenvalue weighted by Gasteiger charge is -2.26. The van der Waals surface area contributed by atoms with Gasteiger partial charge in [-0.3, -0.25) is 4.79 Å². The van der Waals surface area contributed by atoms with E-state index in [1.807, 2.05) is 66.0 Å². The predicted molar refractivity (Wildman–Crippen MR) is 155 cm³/mol. The number of rotatable bonds is 16. The highest BCUT2D eigenvalue weighted by molar-refractivity contribution is 7.92. The molecule has 1 aromatic heterocycles. The number of thiophene rings is 1. The van der Waals surface area contributed by atoms with E-state index in [4.69, 9.17) is 14.2 Å². The highest BCUT2D eigenvalue weighted by Crippen LogP contribution is 2.28. The lowest BCUT2D eigenvalue weighted by atomic mass is 10.1. The number of ether oxygens (including phenoxy) is 3. The molecule has 10 heteroatoms. The summed E-state index contributed by atoms with van der Waals surface area (Å²) in [5.41, 5.74) is 1.74. The van der Waals surface area contributed by atoms with Crippen LogP contribution in [-0.4, -0.2) is 71.1 Å². The van der Waals surface area contributed by atoms with Crippen molar-refractivity contribution in [3.8, 4) is 11.5 Å². The molecule has 1 heterocycles. The number of carbonyl (C=O) groups excluding carboxylic acids is 1. The number of nitrogens with zero attached hydrogens (tertiary/aromatic N) is 2. The summed E-state index contributed by atoms with van der Waals surface area (Å²) in [6.07, 6.45) is 2.59. The van der Waals surface area contributed by atoms with Gasteiger partial charge in [-0.25, -0.2) is 8.42 Å². The molecule has 210 valence electrons. The maximum absolute atomic E-state index is 13.6. The molecular formula is C29H36N2O6S2. The van der Waals surface area contributed by atoms with Crippen molar-refractivity contribution in [1.29, 1.82) is 0 Å². The zero-order valence-electron chi connectivity index (χ0n) is 22.6. The smallest absolute Gasteiger partial charge is 0.238 e. The molecule has 0 saturated heterocycles. The third kappa shape index (κ3) is 9.50. The van der Waals surface area contributed by atoms with Crippen LogP contribution in [0.5, 0.6) is 11.5 Å². The van der Waals surface area contributed by atoms with Gasteiger partial charge in [0.05, 0.1) is 27.3 Å². The van der Waals surface area contributed by atoms with E-state index in [1.54, 1.807) is 43.6 Å². The summed E-state index contributed by atoms with van der Waals surface area (Å²) < 4.78 is 43.7. The molecule has 0 unspecified atom stereocenters. The fourth-order valence-corrected chi connectivity index (χ4v) is 5.82. The summed E-state index contributed by atoms with van der Waals surface area (Å²) in [4.78, 5) is 16.3. The molecule has 39 heavy (non-hydrogen) atoms. The molecule has 3 aromatic rings. The van der Waals surface area contributed by atoms with Gasteiger partial charge in [-0.05, 0) is 53.6 Å². The molecule has 0 atom stereocenters. The Morgan fingerprint density at radius 3 is 2.38 bits per heavy atom. The molecule has 0 aliphatic heterocycles. The number of benzene rings is 2. The van der Waals surface area contributed by atoms with Gasteiger partial charge in [0, 0.05) is 37.1 Å². The molecule has 0 aliphatic rings. The van der Waals surface area contributed by atoms with Gasteiger partial charge in [-0.15, -0.1) is 11.3 Å². The Morgan fingerprint density at radius 2 is 1.72 bits per heavy atom. The fourth-order valence-electron chi connectivity index (χ4n) is 3.93. The van der Waals surface area contributed by atoms with Crippen LogP contribution in [0.3, 0.4) is 0 Å². The summed E-state index contributed by atoms with van der Waals surface area (Å²) in [7, 11) is 0.878. The van der Waals surface area contributed by atoms with Crippen LogP contribution in [-0.2, 0) is 32.5 Å². The SMILES string of the molecule is COCCCN(CC(=O)N(CCc1ccc(OC)c(OC)c1)Cc1cccs1)S(=O)(=O)C=Cc1ccccc1. The third-order valence-electron chi connectivity index (χ3n) is 6.06. The van der Waals surface area contributed by atoms with Crippen molar-refractivity contribution in [2.75, 3.05) is 47.6 Å². The van der Waals surface area contributed by atoms with E-state index in [1.165, 1.54) is 4.31 Å². The van der Waals surface area contributed by atoms with E-state index in [0.29, 0.717) is 44.0 Å². The highest BCUT2D eigenvalue weighted by Gasteiger charge is 2.25. The summed E-state index contributed by atoms with van der Waals surface area (Å²) >= 11 is 1.56. The summed E-state index contributed by atoms with van der Waals surface area (Å²) in [5, 5.41) is 3.12. The molecule has 0 N–H and O–H groups in total. The van der Waals surface area contributed by atoms with E-state index < -0.39 is 10.0 Å². The van der Waals surface area contributed by atoms with Crippen LogP contribution in [0.4, 0.5) is 0 Å². The van der Waals surface area contributed by atoms with Crippen molar-refractivity contribution in [2.45, 2.75) is 19.4 Å². The molecule has 0 bridgehead atoms. The van der Waals surface area contributed by atoms with Gasteiger partial charge in [-0.2, -0.15) is 4.31 Å². The van der Waals surface area contributed by atoms with Crippen LogP contribution in [0.2, 0.25) is 0 Å². The molecule has 3 rings (SSSR count). The van der Waals surface area contributed by atoms with Crippen molar-refractivity contribution in [1.82, 2.24) is 9.21 Å². The van der Waals surface area contributed by atoms with Gasteiger partial charge in [0.25, 0.3) is 0 Å². The van der Waals surface area contributed by atoms with Gasteiger partial charge in [0.2, 0.25) is 15.9 Å². The second kappa shape index (κ2) is 15.4. The molecule has 0 aliphatic carbocycles. The number of hydrogen-bond donors (Lipinski definition) is 0. The van der Waals surface area contributed by atoms with Crippen molar-refractivity contribution < 1.29 is 27.4 Å². The van der Waals surface area contributed by atoms with E-state index in [0.717, 1.165) is 21.4 Å². The number of methoxy groups -OCH3 is 3. The Hall–Kier alpha value is -3.18. The summed E-state index contributed by atoms with van der Waals surface area (Å²) in [6.45, 7) is 1.11. The van der Waals surface area contributed by atoms with E-state index in [-0.39, 0.29) is 19.0 Å². The van der Waals surface area contributed by atoms with Crippen LogP contribution >= 0.6 is 11.3 Å². The van der Waals surface area contributed by atoms with Crippen molar-refractivity contribution in [3.05, 3.63) is 87.5 Å². The minimum Gasteiger partial charge on any atom is -0.493 e. The fraction of sp³-hybridized carbons (Fsp3) is 0.345. The minimum atomic E-state index is -3.85. The van der Waals surface area contributed by atoms with E-state index in [2.05, 4.69) is 0 Å². The van der Waals surface area contributed by atoms with Crippen molar-refractivity contribution in [3.63, 3.8) is 0 Å². The number of amides is 1. The standard InChI is InChI=1S/C29H36N2O6S2/c1-35-18-8-16-31(39(33,34)20-15-24-9-5-4-6-10-24)23-29(32)30(22-26-11-7-19-38-26)17-14-25-12-13-27(36-2)28(21-25)37-3/h4-7,9-13,15,19-21H,8,14,16-18,22-23H2,1-3H3. The Labute approximate surface area is 235 Å². The van der Waals surface area contributed by atoms with Crippen LogP contribution < -0.4 is 9.47 Å². The molecule has 2 aromatic carbocycles. The molecule has 1 amide bonds.